The second-order valence-electron chi connectivity index (χ2n) is 6.49. The van der Waals surface area contributed by atoms with Crippen molar-refractivity contribution in [2.75, 3.05) is 0 Å². The molecule has 1 amide bonds. The highest BCUT2D eigenvalue weighted by molar-refractivity contribution is 7.98. The lowest BCUT2D eigenvalue weighted by atomic mass is 10.1. The van der Waals surface area contributed by atoms with Gasteiger partial charge in [-0.2, -0.15) is 8.78 Å². The SMILES string of the molecule is Cc1ccc(CNC(=O)c2nnc(CSc3nc4ccccc4n3C(F)F)s2)cc1. The summed E-state index contributed by atoms with van der Waals surface area (Å²) in [5, 5.41) is 11.7. The third-order valence-electron chi connectivity index (χ3n) is 4.32. The van der Waals surface area contributed by atoms with Gasteiger partial charge in [0.2, 0.25) is 5.01 Å². The average molecular weight is 446 g/mol. The van der Waals surface area contributed by atoms with Gasteiger partial charge in [-0.05, 0) is 24.6 Å². The predicted molar refractivity (Wildman–Crippen MR) is 113 cm³/mol. The number of imidazole rings is 1. The van der Waals surface area contributed by atoms with Gasteiger partial charge in [0.05, 0.1) is 16.8 Å². The number of nitrogens with one attached hydrogen (secondary N) is 1. The van der Waals surface area contributed by atoms with Crippen LogP contribution in [0.4, 0.5) is 8.78 Å². The van der Waals surface area contributed by atoms with Crippen molar-refractivity contribution in [1.82, 2.24) is 25.1 Å². The van der Waals surface area contributed by atoms with Crippen molar-refractivity contribution in [1.29, 1.82) is 0 Å². The molecule has 2 aromatic carbocycles. The molecule has 10 heteroatoms. The number of hydrogen-bond donors (Lipinski definition) is 1. The minimum Gasteiger partial charge on any atom is -0.346 e. The van der Waals surface area contributed by atoms with Gasteiger partial charge in [-0.15, -0.1) is 10.2 Å². The number of hydrogen-bond acceptors (Lipinski definition) is 6. The maximum atomic E-state index is 13.5. The standard InChI is InChI=1S/C20H17F2N5OS2/c1-12-6-8-13(9-7-12)10-23-17(28)18-26-25-16(30-18)11-29-20-24-14-4-2-3-5-15(14)27(20)19(21)22/h2-9,19H,10-11H2,1H3,(H,23,28). The first-order chi connectivity index (χ1) is 14.5. The number of benzene rings is 2. The maximum Gasteiger partial charge on any atom is 0.321 e. The molecule has 1 N–H and O–H groups in total. The molecule has 0 bridgehead atoms. The first-order valence-corrected chi connectivity index (χ1v) is 10.9. The third kappa shape index (κ3) is 4.49. The van der Waals surface area contributed by atoms with E-state index in [9.17, 15) is 13.6 Å². The van der Waals surface area contributed by atoms with Gasteiger partial charge in [0.15, 0.2) is 5.16 Å². The Bertz CT molecular complexity index is 1170. The van der Waals surface area contributed by atoms with E-state index >= 15 is 0 Å². The molecule has 0 atom stereocenters. The Morgan fingerprint density at radius 1 is 1.17 bits per heavy atom. The average Bonchev–Trinajstić information content (AvgIpc) is 3.36. The zero-order valence-corrected chi connectivity index (χ0v) is 17.5. The second kappa shape index (κ2) is 8.88. The lowest BCUT2D eigenvalue weighted by molar-refractivity contribution is 0.0656. The molecule has 0 aliphatic carbocycles. The Kier molecular flexibility index (Phi) is 6.05. The minimum atomic E-state index is -2.70. The number of carbonyl (C=O) groups excluding carboxylic acids is 1. The zero-order chi connectivity index (χ0) is 21.1. The number of nitrogens with zero attached hydrogens (tertiary/aromatic N) is 4. The van der Waals surface area contributed by atoms with Crippen LogP contribution < -0.4 is 5.32 Å². The highest BCUT2D eigenvalue weighted by Gasteiger charge is 2.19. The van der Waals surface area contributed by atoms with E-state index in [1.54, 1.807) is 24.3 Å². The van der Waals surface area contributed by atoms with Gasteiger partial charge in [-0.1, -0.05) is 65.1 Å². The Morgan fingerprint density at radius 3 is 2.70 bits per heavy atom. The molecule has 0 aliphatic heterocycles. The van der Waals surface area contributed by atoms with Gasteiger partial charge in [0.25, 0.3) is 5.91 Å². The summed E-state index contributed by atoms with van der Waals surface area (Å²) in [6.45, 7) is -0.307. The van der Waals surface area contributed by atoms with Crippen LogP contribution in [-0.2, 0) is 12.3 Å². The Labute approximate surface area is 179 Å². The molecule has 6 nitrogen and oxygen atoms in total. The first kappa shape index (κ1) is 20.4. The molecule has 0 saturated carbocycles. The number of rotatable bonds is 7. The van der Waals surface area contributed by atoms with Gasteiger partial charge < -0.3 is 5.32 Å². The summed E-state index contributed by atoms with van der Waals surface area (Å²) >= 11 is 2.28. The van der Waals surface area contributed by atoms with Crippen molar-refractivity contribution in [2.45, 2.75) is 30.9 Å². The molecular formula is C20H17F2N5OS2. The number of aryl methyl sites for hydroxylation is 1. The molecule has 0 spiro atoms. The number of para-hydroxylation sites is 2. The summed E-state index contributed by atoms with van der Waals surface area (Å²) in [6.07, 6.45) is 0. The molecule has 2 aromatic heterocycles. The van der Waals surface area contributed by atoms with Gasteiger partial charge in [-0.25, -0.2) is 4.98 Å². The molecule has 0 saturated heterocycles. The van der Waals surface area contributed by atoms with Crippen LogP contribution >= 0.6 is 23.1 Å². The van der Waals surface area contributed by atoms with E-state index < -0.39 is 6.55 Å². The minimum absolute atomic E-state index is 0.201. The molecule has 30 heavy (non-hydrogen) atoms. The molecular weight excluding hydrogens is 428 g/mol. The molecule has 2 heterocycles. The van der Waals surface area contributed by atoms with Crippen LogP contribution in [0.5, 0.6) is 0 Å². The van der Waals surface area contributed by atoms with Gasteiger partial charge in [0, 0.05) is 6.54 Å². The van der Waals surface area contributed by atoms with E-state index in [2.05, 4.69) is 20.5 Å². The van der Waals surface area contributed by atoms with E-state index in [-0.39, 0.29) is 16.1 Å². The largest absolute Gasteiger partial charge is 0.346 e. The van der Waals surface area contributed by atoms with Crippen LogP contribution in [0.2, 0.25) is 0 Å². The number of amides is 1. The fourth-order valence-electron chi connectivity index (χ4n) is 2.81. The van der Waals surface area contributed by atoms with Crippen molar-refractivity contribution in [3.8, 4) is 0 Å². The van der Waals surface area contributed by atoms with Crippen LogP contribution in [0.1, 0.15) is 32.5 Å². The number of thioether (sulfide) groups is 1. The topological polar surface area (TPSA) is 72.7 Å². The fraction of sp³-hybridized carbons (Fsp3) is 0.200. The van der Waals surface area contributed by atoms with Gasteiger partial charge >= 0.3 is 6.55 Å². The van der Waals surface area contributed by atoms with E-state index in [0.29, 0.717) is 28.3 Å². The molecule has 4 aromatic rings. The Balaban J connectivity index is 1.40. The molecule has 154 valence electrons. The van der Waals surface area contributed by atoms with E-state index in [0.717, 1.165) is 38.8 Å². The zero-order valence-electron chi connectivity index (χ0n) is 15.9. The summed E-state index contributed by atoms with van der Waals surface area (Å²) in [5.74, 6) is -0.0250. The van der Waals surface area contributed by atoms with E-state index in [4.69, 9.17) is 0 Å². The van der Waals surface area contributed by atoms with Gasteiger partial charge in [-0.3, -0.25) is 9.36 Å². The van der Waals surface area contributed by atoms with Crippen molar-refractivity contribution in [3.05, 3.63) is 69.7 Å². The van der Waals surface area contributed by atoms with Gasteiger partial charge in [0.1, 0.15) is 5.01 Å². The second-order valence-corrected chi connectivity index (χ2v) is 8.49. The van der Waals surface area contributed by atoms with Crippen molar-refractivity contribution >= 4 is 40.0 Å². The fourth-order valence-corrected chi connectivity index (χ4v) is 4.56. The molecule has 0 radical (unpaired) electrons. The number of halogens is 2. The van der Waals surface area contributed by atoms with Crippen LogP contribution in [0.15, 0.2) is 53.7 Å². The van der Waals surface area contributed by atoms with Crippen molar-refractivity contribution in [2.24, 2.45) is 0 Å². The maximum absolute atomic E-state index is 13.5. The lowest BCUT2D eigenvalue weighted by Crippen LogP contribution is -2.22. The summed E-state index contributed by atoms with van der Waals surface area (Å²) in [7, 11) is 0. The quantitative estimate of drug-likeness (QED) is 0.413. The Hall–Kier alpha value is -2.85. The summed E-state index contributed by atoms with van der Waals surface area (Å²) in [6, 6.07) is 14.6. The number of carbonyl (C=O) groups is 1. The third-order valence-corrected chi connectivity index (χ3v) is 6.39. The smallest absolute Gasteiger partial charge is 0.321 e. The number of alkyl halides is 2. The lowest BCUT2D eigenvalue weighted by Gasteiger charge is -2.06. The van der Waals surface area contributed by atoms with E-state index in [1.165, 1.54) is 0 Å². The monoisotopic (exact) mass is 445 g/mol. The molecule has 0 unspecified atom stereocenters. The number of aromatic nitrogens is 4. The molecule has 0 fully saturated rings. The first-order valence-electron chi connectivity index (χ1n) is 9.05. The number of fused-ring (bicyclic) bond motifs is 1. The summed E-state index contributed by atoms with van der Waals surface area (Å²) < 4.78 is 27.9. The normalized spacial score (nSPS) is 11.3. The van der Waals surface area contributed by atoms with Crippen LogP contribution in [-0.4, -0.2) is 25.7 Å². The van der Waals surface area contributed by atoms with Crippen LogP contribution in [0.3, 0.4) is 0 Å². The predicted octanol–water partition coefficient (Wildman–Crippen LogP) is 4.81. The molecule has 4 rings (SSSR count). The highest BCUT2D eigenvalue weighted by Crippen LogP contribution is 2.31. The highest BCUT2D eigenvalue weighted by atomic mass is 32.2. The Morgan fingerprint density at radius 2 is 1.93 bits per heavy atom. The van der Waals surface area contributed by atoms with Crippen molar-refractivity contribution in [3.63, 3.8) is 0 Å². The molecule has 0 aliphatic rings. The van der Waals surface area contributed by atoms with Crippen LogP contribution in [0, 0.1) is 6.92 Å². The summed E-state index contributed by atoms with van der Waals surface area (Å²) in [5.41, 5.74) is 3.02. The summed E-state index contributed by atoms with van der Waals surface area (Å²) in [4.78, 5) is 16.6. The van der Waals surface area contributed by atoms with Crippen LogP contribution in [0.25, 0.3) is 11.0 Å². The van der Waals surface area contributed by atoms with E-state index in [1.807, 2.05) is 31.2 Å². The van der Waals surface area contributed by atoms with Crippen molar-refractivity contribution < 1.29 is 13.6 Å².